The van der Waals surface area contributed by atoms with Crippen LogP contribution < -0.4 is 0 Å². The number of aliphatic hydroxyl groups excluding tert-OH is 1. The number of carbonyl (C=O) groups excluding carboxylic acids is 1. The van der Waals surface area contributed by atoms with Crippen molar-refractivity contribution in [3.63, 3.8) is 0 Å². The standard InChI is InChI=1S/C28H54O5/c1-3-5-7-9-11-12-13-14-16-17-19-21-25(29)23-28(32)33-26(24-27(30)31)22-20-18-15-10-8-6-4-2/h25-26,29H,3-24H2,1-2H3,(H,30,31). The third-order valence-electron chi connectivity index (χ3n) is 6.37. The van der Waals surface area contributed by atoms with E-state index in [1.165, 1.54) is 83.5 Å². The van der Waals surface area contributed by atoms with Crippen LogP contribution in [-0.2, 0) is 14.3 Å². The van der Waals surface area contributed by atoms with Gasteiger partial charge in [0.15, 0.2) is 0 Å². The van der Waals surface area contributed by atoms with Gasteiger partial charge < -0.3 is 14.9 Å². The van der Waals surface area contributed by atoms with Gasteiger partial charge in [-0.25, -0.2) is 0 Å². The van der Waals surface area contributed by atoms with Crippen molar-refractivity contribution in [2.45, 2.75) is 167 Å². The summed E-state index contributed by atoms with van der Waals surface area (Å²) in [5.41, 5.74) is 0. The fourth-order valence-corrected chi connectivity index (χ4v) is 4.30. The number of carboxylic acids is 1. The van der Waals surface area contributed by atoms with Gasteiger partial charge in [0.2, 0.25) is 0 Å². The Morgan fingerprint density at radius 1 is 0.606 bits per heavy atom. The fourth-order valence-electron chi connectivity index (χ4n) is 4.30. The Morgan fingerprint density at radius 2 is 1.00 bits per heavy atom. The highest BCUT2D eigenvalue weighted by Crippen LogP contribution is 2.16. The maximum absolute atomic E-state index is 12.2. The second-order valence-electron chi connectivity index (χ2n) is 9.80. The first kappa shape index (κ1) is 31.9. The summed E-state index contributed by atoms with van der Waals surface area (Å²) in [5.74, 6) is -1.42. The Kier molecular flexibility index (Phi) is 23.2. The third-order valence-corrected chi connectivity index (χ3v) is 6.37. The average molecular weight is 471 g/mol. The largest absolute Gasteiger partial charge is 0.481 e. The van der Waals surface area contributed by atoms with Gasteiger partial charge in [0, 0.05) is 0 Å². The number of aliphatic carboxylic acids is 1. The number of ether oxygens (including phenoxy) is 1. The summed E-state index contributed by atoms with van der Waals surface area (Å²) < 4.78 is 5.40. The summed E-state index contributed by atoms with van der Waals surface area (Å²) in [7, 11) is 0. The summed E-state index contributed by atoms with van der Waals surface area (Å²) in [5, 5.41) is 19.3. The van der Waals surface area contributed by atoms with E-state index in [4.69, 9.17) is 9.84 Å². The Labute approximate surface area is 204 Å². The van der Waals surface area contributed by atoms with Crippen molar-refractivity contribution in [2.75, 3.05) is 0 Å². The zero-order valence-electron chi connectivity index (χ0n) is 21.8. The van der Waals surface area contributed by atoms with E-state index >= 15 is 0 Å². The summed E-state index contributed by atoms with van der Waals surface area (Å²) >= 11 is 0. The second-order valence-corrected chi connectivity index (χ2v) is 9.80. The Hall–Kier alpha value is -1.10. The van der Waals surface area contributed by atoms with Crippen molar-refractivity contribution < 1.29 is 24.5 Å². The quantitative estimate of drug-likeness (QED) is 0.104. The molecule has 2 unspecified atom stereocenters. The van der Waals surface area contributed by atoms with Gasteiger partial charge in [-0.15, -0.1) is 0 Å². The van der Waals surface area contributed by atoms with Crippen LogP contribution in [0.3, 0.4) is 0 Å². The van der Waals surface area contributed by atoms with Gasteiger partial charge in [-0.1, -0.05) is 123 Å². The number of esters is 1. The molecule has 0 radical (unpaired) electrons. The first-order valence-corrected chi connectivity index (χ1v) is 14.1. The molecule has 0 aliphatic rings. The molecule has 0 amide bonds. The van der Waals surface area contributed by atoms with Crippen molar-refractivity contribution in [3.8, 4) is 0 Å². The molecule has 0 saturated heterocycles. The number of carbonyl (C=O) groups is 2. The van der Waals surface area contributed by atoms with Crippen LogP contribution in [0.25, 0.3) is 0 Å². The van der Waals surface area contributed by atoms with Gasteiger partial charge in [0.05, 0.1) is 18.9 Å². The SMILES string of the molecule is CCCCCCCCCCCCCC(O)CC(=O)OC(CCCCCCCCC)CC(=O)O. The lowest BCUT2D eigenvalue weighted by molar-refractivity contribution is -0.155. The lowest BCUT2D eigenvalue weighted by Crippen LogP contribution is -2.24. The van der Waals surface area contributed by atoms with Crippen LogP contribution in [0.2, 0.25) is 0 Å². The van der Waals surface area contributed by atoms with Crippen LogP contribution in [0, 0.1) is 0 Å². The third kappa shape index (κ3) is 23.8. The van der Waals surface area contributed by atoms with Crippen LogP contribution in [0.1, 0.15) is 155 Å². The van der Waals surface area contributed by atoms with Crippen LogP contribution >= 0.6 is 0 Å². The second kappa shape index (κ2) is 24.0. The summed E-state index contributed by atoms with van der Waals surface area (Å²) in [6.07, 6.45) is 21.5. The maximum Gasteiger partial charge on any atom is 0.308 e. The van der Waals surface area contributed by atoms with Gasteiger partial charge in [-0.05, 0) is 19.3 Å². The molecule has 0 spiro atoms. The van der Waals surface area contributed by atoms with E-state index in [0.717, 1.165) is 32.1 Å². The molecule has 0 aromatic rings. The molecule has 0 heterocycles. The number of aliphatic hydroxyl groups is 1. The minimum Gasteiger partial charge on any atom is -0.481 e. The smallest absolute Gasteiger partial charge is 0.308 e. The first-order chi connectivity index (χ1) is 16.0. The topological polar surface area (TPSA) is 83.8 Å². The van der Waals surface area contributed by atoms with Crippen molar-refractivity contribution in [1.29, 1.82) is 0 Å². The molecule has 0 aliphatic heterocycles. The van der Waals surface area contributed by atoms with Crippen LogP contribution in [0.15, 0.2) is 0 Å². The lowest BCUT2D eigenvalue weighted by atomic mass is 10.0. The number of rotatable bonds is 25. The molecule has 0 saturated carbocycles. The minimum absolute atomic E-state index is 0.0368. The zero-order valence-corrected chi connectivity index (χ0v) is 21.8. The average Bonchev–Trinajstić information content (AvgIpc) is 2.76. The molecular weight excluding hydrogens is 416 g/mol. The molecule has 5 nitrogen and oxygen atoms in total. The van der Waals surface area contributed by atoms with Gasteiger partial charge >= 0.3 is 11.9 Å². The highest BCUT2D eigenvalue weighted by atomic mass is 16.5. The monoisotopic (exact) mass is 470 g/mol. The highest BCUT2D eigenvalue weighted by molar-refractivity contribution is 5.71. The lowest BCUT2D eigenvalue weighted by Gasteiger charge is -2.17. The number of carboxylic acid groups (broad SMARTS) is 1. The number of hydrogen-bond donors (Lipinski definition) is 2. The van der Waals surface area contributed by atoms with E-state index in [2.05, 4.69) is 13.8 Å². The highest BCUT2D eigenvalue weighted by Gasteiger charge is 2.20. The van der Waals surface area contributed by atoms with Crippen molar-refractivity contribution in [2.24, 2.45) is 0 Å². The predicted molar refractivity (Wildman–Crippen MR) is 136 cm³/mol. The van der Waals surface area contributed by atoms with Crippen molar-refractivity contribution in [1.82, 2.24) is 0 Å². The molecule has 0 rings (SSSR count). The molecule has 2 N–H and O–H groups in total. The van der Waals surface area contributed by atoms with Gasteiger partial charge in [0.1, 0.15) is 6.10 Å². The summed E-state index contributed by atoms with van der Waals surface area (Å²) in [4.78, 5) is 23.3. The normalized spacial score (nSPS) is 13.1. The van der Waals surface area contributed by atoms with Crippen molar-refractivity contribution in [3.05, 3.63) is 0 Å². The molecule has 0 bridgehead atoms. The van der Waals surface area contributed by atoms with Gasteiger partial charge in [0.25, 0.3) is 0 Å². The molecule has 2 atom stereocenters. The Morgan fingerprint density at radius 3 is 1.42 bits per heavy atom. The fraction of sp³-hybridized carbons (Fsp3) is 0.929. The minimum atomic E-state index is -0.947. The Bertz CT molecular complexity index is 452. The van der Waals surface area contributed by atoms with E-state index in [-0.39, 0.29) is 12.8 Å². The molecule has 0 fully saturated rings. The summed E-state index contributed by atoms with van der Waals surface area (Å²) in [6.45, 7) is 4.44. The summed E-state index contributed by atoms with van der Waals surface area (Å²) in [6, 6.07) is 0. The number of unbranched alkanes of at least 4 members (excludes halogenated alkanes) is 16. The molecular formula is C28H54O5. The van der Waals surface area contributed by atoms with E-state index in [1.807, 2.05) is 0 Å². The number of hydrogen-bond acceptors (Lipinski definition) is 4. The maximum atomic E-state index is 12.2. The molecule has 0 aliphatic carbocycles. The predicted octanol–water partition coefficient (Wildman–Crippen LogP) is 7.97. The van der Waals surface area contributed by atoms with Gasteiger partial charge in [-0.2, -0.15) is 0 Å². The van der Waals surface area contributed by atoms with E-state index < -0.39 is 24.1 Å². The van der Waals surface area contributed by atoms with Crippen LogP contribution in [0.4, 0.5) is 0 Å². The van der Waals surface area contributed by atoms with Crippen molar-refractivity contribution >= 4 is 11.9 Å². The first-order valence-electron chi connectivity index (χ1n) is 14.1. The van der Waals surface area contributed by atoms with E-state index in [1.54, 1.807) is 0 Å². The molecule has 33 heavy (non-hydrogen) atoms. The van der Waals surface area contributed by atoms with Crippen LogP contribution in [-0.4, -0.2) is 34.4 Å². The van der Waals surface area contributed by atoms with E-state index in [9.17, 15) is 14.7 Å². The zero-order chi connectivity index (χ0) is 24.6. The molecule has 5 heteroatoms. The molecule has 0 aromatic carbocycles. The van der Waals surface area contributed by atoms with E-state index in [0.29, 0.717) is 12.8 Å². The molecule has 0 aromatic heterocycles. The Balaban J connectivity index is 3.83. The van der Waals surface area contributed by atoms with Gasteiger partial charge in [-0.3, -0.25) is 9.59 Å². The van der Waals surface area contributed by atoms with Crippen LogP contribution in [0.5, 0.6) is 0 Å². The molecule has 196 valence electrons.